The van der Waals surface area contributed by atoms with Gasteiger partial charge in [0.1, 0.15) is 12.4 Å². The molecule has 2 aromatic carbocycles. The van der Waals surface area contributed by atoms with Crippen LogP contribution in [-0.2, 0) is 9.84 Å². The van der Waals surface area contributed by atoms with Crippen LogP contribution in [0.2, 0.25) is 0 Å². The molecule has 1 heterocycles. The quantitative estimate of drug-likeness (QED) is 0.630. The van der Waals surface area contributed by atoms with Crippen molar-refractivity contribution in [1.82, 2.24) is 0 Å². The van der Waals surface area contributed by atoms with E-state index >= 15 is 0 Å². The minimum Gasteiger partial charge on any atom is -0.489 e. The Kier molecular flexibility index (Phi) is 4.28. The van der Waals surface area contributed by atoms with Crippen LogP contribution < -0.4 is 4.74 Å². The fourth-order valence-electron chi connectivity index (χ4n) is 2.81. The Balaban J connectivity index is 2.18. The van der Waals surface area contributed by atoms with Crippen molar-refractivity contribution in [2.24, 2.45) is 0 Å². The molecule has 0 aliphatic carbocycles. The lowest BCUT2D eigenvalue weighted by Crippen LogP contribution is -2.14. The number of ketones is 1. The summed E-state index contributed by atoms with van der Waals surface area (Å²) in [6.45, 7) is 5.64. The van der Waals surface area contributed by atoms with E-state index in [0.717, 1.165) is 0 Å². The van der Waals surface area contributed by atoms with E-state index in [4.69, 9.17) is 4.74 Å². The van der Waals surface area contributed by atoms with E-state index in [-0.39, 0.29) is 23.7 Å². The molecule has 0 radical (unpaired) electrons. The second kappa shape index (κ2) is 6.24. The largest absolute Gasteiger partial charge is 0.489 e. The molecule has 0 spiro atoms. The number of Topliss-reactive ketones (excluding diaryl/α,β-unsaturated/α-hetero) is 1. The Morgan fingerprint density at radius 1 is 1.17 bits per heavy atom. The molecule has 0 saturated carbocycles. The van der Waals surface area contributed by atoms with Crippen molar-refractivity contribution < 1.29 is 17.9 Å². The van der Waals surface area contributed by atoms with Crippen molar-refractivity contribution in [3.8, 4) is 5.75 Å². The number of carbonyl (C=O) groups excluding carboxylic acids is 1. The third-order valence-corrected chi connectivity index (χ3v) is 6.21. The summed E-state index contributed by atoms with van der Waals surface area (Å²) < 4.78 is 32.0. The predicted molar refractivity (Wildman–Crippen MR) is 92.1 cm³/mol. The summed E-state index contributed by atoms with van der Waals surface area (Å²) in [5.74, 6) is 0.375. The Labute approximate surface area is 141 Å². The maximum absolute atomic E-state index is 13.1. The van der Waals surface area contributed by atoms with Gasteiger partial charge in [-0.15, -0.1) is 0 Å². The van der Waals surface area contributed by atoms with E-state index in [1.807, 2.05) is 0 Å². The third kappa shape index (κ3) is 2.99. The van der Waals surface area contributed by atoms with Crippen LogP contribution in [-0.4, -0.2) is 20.8 Å². The number of hydrogen-bond donors (Lipinski definition) is 0. The van der Waals surface area contributed by atoms with Crippen LogP contribution in [0.4, 0.5) is 0 Å². The Morgan fingerprint density at radius 2 is 1.88 bits per heavy atom. The SMILES string of the molecule is C=C1COc2ccc(C(C)=O)cc2C(S(=O)(=O)c2ccccc2)C1. The summed E-state index contributed by atoms with van der Waals surface area (Å²) in [5.41, 5.74) is 1.70. The van der Waals surface area contributed by atoms with Crippen molar-refractivity contribution in [3.63, 3.8) is 0 Å². The molecular weight excluding hydrogens is 324 g/mol. The molecule has 0 bridgehead atoms. The van der Waals surface area contributed by atoms with Crippen LogP contribution in [0, 0.1) is 0 Å². The second-order valence-corrected chi connectivity index (χ2v) is 8.03. The van der Waals surface area contributed by atoms with E-state index in [2.05, 4.69) is 6.58 Å². The molecule has 5 heteroatoms. The van der Waals surface area contributed by atoms with Gasteiger partial charge in [-0.2, -0.15) is 0 Å². The molecule has 1 atom stereocenters. The summed E-state index contributed by atoms with van der Waals surface area (Å²) in [6.07, 6.45) is 0.269. The summed E-state index contributed by atoms with van der Waals surface area (Å²) in [4.78, 5) is 12.0. The molecule has 124 valence electrons. The highest BCUT2D eigenvalue weighted by atomic mass is 32.2. The molecule has 4 nitrogen and oxygen atoms in total. The fraction of sp³-hybridized carbons (Fsp3) is 0.211. The predicted octanol–water partition coefficient (Wildman–Crippen LogP) is 3.74. The molecular formula is C19H18O4S. The number of hydrogen-bond acceptors (Lipinski definition) is 4. The number of fused-ring (bicyclic) bond motifs is 1. The molecule has 3 rings (SSSR count). The van der Waals surface area contributed by atoms with Crippen molar-refractivity contribution in [1.29, 1.82) is 0 Å². The Bertz CT molecular complexity index is 898. The van der Waals surface area contributed by atoms with E-state index < -0.39 is 15.1 Å². The lowest BCUT2D eigenvalue weighted by molar-refractivity contribution is 0.101. The zero-order chi connectivity index (χ0) is 17.3. The number of sulfone groups is 1. The first-order valence-corrected chi connectivity index (χ1v) is 9.17. The van der Waals surface area contributed by atoms with Gasteiger partial charge in [-0.1, -0.05) is 24.8 Å². The van der Waals surface area contributed by atoms with Crippen LogP contribution in [0.5, 0.6) is 5.75 Å². The standard InChI is InChI=1S/C19H18O4S/c1-13-10-19(24(21,22)16-6-4-3-5-7-16)17-11-15(14(2)20)8-9-18(17)23-12-13/h3-9,11,19H,1,10,12H2,2H3. The monoisotopic (exact) mass is 342 g/mol. The zero-order valence-corrected chi connectivity index (χ0v) is 14.2. The lowest BCUT2D eigenvalue weighted by atomic mass is 10.0. The zero-order valence-electron chi connectivity index (χ0n) is 13.4. The van der Waals surface area contributed by atoms with Gasteiger partial charge in [-0.3, -0.25) is 4.79 Å². The molecule has 1 aliphatic heterocycles. The average Bonchev–Trinajstić information content (AvgIpc) is 2.75. The lowest BCUT2D eigenvalue weighted by Gasteiger charge is -2.18. The van der Waals surface area contributed by atoms with Crippen molar-refractivity contribution in [2.75, 3.05) is 6.61 Å². The van der Waals surface area contributed by atoms with Gasteiger partial charge in [-0.05, 0) is 49.2 Å². The minimum atomic E-state index is -3.63. The Morgan fingerprint density at radius 3 is 2.54 bits per heavy atom. The Hall–Kier alpha value is -2.40. The van der Waals surface area contributed by atoms with Gasteiger partial charge < -0.3 is 4.74 Å². The van der Waals surface area contributed by atoms with Crippen molar-refractivity contribution in [2.45, 2.75) is 23.5 Å². The molecule has 0 amide bonds. The molecule has 0 N–H and O–H groups in total. The topological polar surface area (TPSA) is 60.4 Å². The molecule has 0 fully saturated rings. The normalized spacial score (nSPS) is 17.5. The highest BCUT2D eigenvalue weighted by Gasteiger charge is 2.34. The van der Waals surface area contributed by atoms with Crippen LogP contribution in [0.15, 0.2) is 65.6 Å². The highest BCUT2D eigenvalue weighted by molar-refractivity contribution is 7.91. The average molecular weight is 342 g/mol. The van der Waals surface area contributed by atoms with E-state index in [0.29, 0.717) is 22.4 Å². The molecule has 0 aromatic heterocycles. The molecule has 1 aliphatic rings. The number of rotatable bonds is 3. The molecule has 2 aromatic rings. The van der Waals surface area contributed by atoms with Gasteiger partial charge in [0.15, 0.2) is 15.6 Å². The summed E-state index contributed by atoms with van der Waals surface area (Å²) >= 11 is 0. The number of ether oxygens (including phenoxy) is 1. The van der Waals surface area contributed by atoms with Crippen LogP contribution in [0.1, 0.15) is 34.5 Å². The van der Waals surface area contributed by atoms with Crippen LogP contribution in [0.3, 0.4) is 0 Å². The smallest absolute Gasteiger partial charge is 0.185 e. The first-order valence-electron chi connectivity index (χ1n) is 7.63. The van der Waals surface area contributed by atoms with Gasteiger partial charge in [0.05, 0.1) is 10.1 Å². The maximum atomic E-state index is 13.1. The van der Waals surface area contributed by atoms with Gasteiger partial charge in [0, 0.05) is 11.1 Å². The van der Waals surface area contributed by atoms with Crippen molar-refractivity contribution in [3.05, 3.63) is 71.8 Å². The first-order chi connectivity index (χ1) is 11.4. The minimum absolute atomic E-state index is 0.114. The van der Waals surface area contributed by atoms with Crippen molar-refractivity contribution >= 4 is 15.6 Å². The van der Waals surface area contributed by atoms with Gasteiger partial charge in [0.2, 0.25) is 0 Å². The second-order valence-electron chi connectivity index (χ2n) is 5.90. The van der Waals surface area contributed by atoms with Crippen LogP contribution >= 0.6 is 0 Å². The van der Waals surface area contributed by atoms with E-state index in [1.54, 1.807) is 48.5 Å². The summed E-state index contributed by atoms with van der Waals surface area (Å²) in [6, 6.07) is 13.3. The third-order valence-electron chi connectivity index (χ3n) is 4.12. The number of benzene rings is 2. The highest BCUT2D eigenvalue weighted by Crippen LogP contribution is 2.41. The van der Waals surface area contributed by atoms with Gasteiger partial charge in [-0.25, -0.2) is 8.42 Å². The van der Waals surface area contributed by atoms with Gasteiger partial charge >= 0.3 is 0 Å². The summed E-state index contributed by atoms with van der Waals surface area (Å²) in [7, 11) is -3.63. The molecule has 0 saturated heterocycles. The maximum Gasteiger partial charge on any atom is 0.185 e. The fourth-order valence-corrected chi connectivity index (χ4v) is 4.65. The molecule has 24 heavy (non-hydrogen) atoms. The number of carbonyl (C=O) groups is 1. The van der Waals surface area contributed by atoms with Crippen LogP contribution in [0.25, 0.3) is 0 Å². The first kappa shape index (κ1) is 16.5. The summed E-state index contributed by atoms with van der Waals surface area (Å²) in [5, 5.41) is -0.816. The van der Waals surface area contributed by atoms with E-state index in [1.165, 1.54) is 6.92 Å². The molecule has 1 unspecified atom stereocenters. The van der Waals surface area contributed by atoms with Gasteiger partial charge in [0.25, 0.3) is 0 Å². The van der Waals surface area contributed by atoms with E-state index in [9.17, 15) is 13.2 Å².